The Balaban J connectivity index is 1.77. The van der Waals surface area contributed by atoms with Crippen molar-refractivity contribution in [3.8, 4) is 0 Å². The van der Waals surface area contributed by atoms with Gasteiger partial charge in [-0.2, -0.15) is 0 Å². The summed E-state index contributed by atoms with van der Waals surface area (Å²) in [7, 11) is 0. The Morgan fingerprint density at radius 1 is 1.23 bits per heavy atom. The highest BCUT2D eigenvalue weighted by atomic mass is 15.2. The van der Waals surface area contributed by atoms with Gasteiger partial charge in [-0.15, -0.1) is 0 Å². The largest absolute Gasteiger partial charge is 0.351 e. The molecule has 4 heteroatoms. The summed E-state index contributed by atoms with van der Waals surface area (Å²) in [5.74, 6) is 1.06. The van der Waals surface area contributed by atoms with Gasteiger partial charge in [-0.05, 0) is 36.5 Å². The average Bonchev–Trinajstić information content (AvgIpc) is 2.97. The molecular weight excluding hydrogens is 272 g/mol. The molecule has 112 valence electrons. The zero-order valence-electron chi connectivity index (χ0n) is 13.1. The predicted octanol–water partition coefficient (Wildman–Crippen LogP) is 3.39. The van der Waals surface area contributed by atoms with Crippen molar-refractivity contribution in [3.05, 3.63) is 53.0 Å². The Morgan fingerprint density at radius 3 is 3.00 bits per heavy atom. The lowest BCUT2D eigenvalue weighted by atomic mass is 9.97. The van der Waals surface area contributed by atoms with Gasteiger partial charge in [-0.25, -0.2) is 9.97 Å². The fourth-order valence-corrected chi connectivity index (χ4v) is 3.39. The predicted molar refractivity (Wildman–Crippen MR) is 89.2 cm³/mol. The molecule has 1 aliphatic rings. The quantitative estimate of drug-likeness (QED) is 0.787. The van der Waals surface area contributed by atoms with Gasteiger partial charge in [0.1, 0.15) is 17.8 Å². The maximum atomic E-state index is 4.60. The molecule has 22 heavy (non-hydrogen) atoms. The van der Waals surface area contributed by atoms with E-state index in [1.165, 1.54) is 27.6 Å². The number of H-pyrrole nitrogens is 1. The molecule has 0 amide bonds. The number of hydrogen-bond donors (Lipinski definition) is 1. The molecule has 0 aliphatic carbocycles. The van der Waals surface area contributed by atoms with E-state index in [9.17, 15) is 0 Å². The number of nitrogens with one attached hydrogen (secondary N) is 1. The van der Waals surface area contributed by atoms with E-state index in [2.05, 4.69) is 58.1 Å². The minimum absolute atomic E-state index is 0.927. The second kappa shape index (κ2) is 5.13. The minimum atomic E-state index is 0.927. The molecule has 2 aromatic heterocycles. The topological polar surface area (TPSA) is 44.8 Å². The molecule has 1 aliphatic heterocycles. The Morgan fingerprint density at radius 2 is 2.14 bits per heavy atom. The van der Waals surface area contributed by atoms with Crippen molar-refractivity contribution >= 4 is 16.9 Å². The van der Waals surface area contributed by atoms with Crippen molar-refractivity contribution < 1.29 is 0 Å². The van der Waals surface area contributed by atoms with Crippen LogP contribution in [0.3, 0.4) is 0 Å². The average molecular weight is 292 g/mol. The van der Waals surface area contributed by atoms with Gasteiger partial charge >= 0.3 is 0 Å². The third-order valence-electron chi connectivity index (χ3n) is 4.59. The zero-order valence-corrected chi connectivity index (χ0v) is 13.1. The summed E-state index contributed by atoms with van der Waals surface area (Å²) in [6.07, 6.45) is 5.79. The van der Waals surface area contributed by atoms with Gasteiger partial charge in [-0.1, -0.05) is 30.7 Å². The number of hydrogen-bond acceptors (Lipinski definition) is 3. The number of rotatable bonds is 2. The van der Waals surface area contributed by atoms with Crippen molar-refractivity contribution in [2.75, 3.05) is 11.4 Å². The minimum Gasteiger partial charge on any atom is -0.351 e. The van der Waals surface area contributed by atoms with Gasteiger partial charge in [0.15, 0.2) is 0 Å². The summed E-state index contributed by atoms with van der Waals surface area (Å²) in [6, 6.07) is 6.77. The number of aromatic amines is 1. The van der Waals surface area contributed by atoms with E-state index in [0.717, 1.165) is 37.4 Å². The van der Waals surface area contributed by atoms with Crippen LogP contribution in [0.25, 0.3) is 11.0 Å². The first-order valence-corrected chi connectivity index (χ1v) is 7.90. The molecule has 3 heterocycles. The van der Waals surface area contributed by atoms with Crippen LogP contribution in [0.5, 0.6) is 0 Å². The molecule has 4 rings (SSSR count). The fourth-order valence-electron chi connectivity index (χ4n) is 3.39. The lowest BCUT2D eigenvalue weighted by Gasteiger charge is -2.30. The van der Waals surface area contributed by atoms with Crippen molar-refractivity contribution in [1.29, 1.82) is 0 Å². The Kier molecular flexibility index (Phi) is 3.10. The highest BCUT2D eigenvalue weighted by molar-refractivity contribution is 5.90. The van der Waals surface area contributed by atoms with Crippen LogP contribution in [0, 0.1) is 6.92 Å². The van der Waals surface area contributed by atoms with Crippen LogP contribution in [0.15, 0.2) is 30.7 Å². The van der Waals surface area contributed by atoms with Gasteiger partial charge in [0.2, 0.25) is 0 Å². The van der Waals surface area contributed by atoms with Crippen molar-refractivity contribution in [2.24, 2.45) is 0 Å². The lowest BCUT2D eigenvalue weighted by molar-refractivity contribution is 0.722. The third-order valence-corrected chi connectivity index (χ3v) is 4.59. The molecule has 4 nitrogen and oxygen atoms in total. The van der Waals surface area contributed by atoms with Crippen LogP contribution in [-0.2, 0) is 19.4 Å². The second-order valence-corrected chi connectivity index (χ2v) is 6.03. The summed E-state index contributed by atoms with van der Waals surface area (Å²) in [5, 5.41) is 1.18. The molecule has 0 radical (unpaired) electrons. The monoisotopic (exact) mass is 292 g/mol. The molecule has 0 bridgehead atoms. The maximum absolute atomic E-state index is 4.60. The second-order valence-electron chi connectivity index (χ2n) is 6.03. The summed E-state index contributed by atoms with van der Waals surface area (Å²) in [5.41, 5.74) is 6.47. The van der Waals surface area contributed by atoms with Gasteiger partial charge in [0.05, 0.1) is 5.39 Å². The molecule has 0 spiro atoms. The van der Waals surface area contributed by atoms with Crippen LogP contribution in [0.4, 0.5) is 5.82 Å². The molecule has 0 saturated heterocycles. The fraction of sp³-hybridized carbons (Fsp3) is 0.333. The van der Waals surface area contributed by atoms with Crippen LogP contribution in [0.2, 0.25) is 0 Å². The highest BCUT2D eigenvalue weighted by Gasteiger charge is 2.21. The van der Waals surface area contributed by atoms with E-state index >= 15 is 0 Å². The van der Waals surface area contributed by atoms with E-state index in [0.29, 0.717) is 0 Å². The standard InChI is InChI=1S/C18H20N4/c1-3-13-9-19-17-16(13)18(21-11-20-17)22-7-6-14-8-12(2)4-5-15(14)10-22/h4-5,8-9,11H,3,6-7,10H2,1-2H3,(H,19,20,21). The van der Waals surface area contributed by atoms with Gasteiger partial charge < -0.3 is 9.88 Å². The zero-order chi connectivity index (χ0) is 15.1. The first kappa shape index (κ1) is 13.3. The van der Waals surface area contributed by atoms with Crippen LogP contribution in [0.1, 0.15) is 29.2 Å². The Hall–Kier alpha value is -2.36. The summed E-state index contributed by atoms with van der Waals surface area (Å²) in [6.45, 7) is 6.27. The number of aryl methyl sites for hydroxylation is 2. The molecule has 3 aromatic rings. The molecule has 1 N–H and O–H groups in total. The lowest BCUT2D eigenvalue weighted by Crippen LogP contribution is -2.31. The molecule has 1 aromatic carbocycles. The van der Waals surface area contributed by atoms with E-state index in [-0.39, 0.29) is 0 Å². The van der Waals surface area contributed by atoms with Gasteiger partial charge in [0, 0.05) is 19.3 Å². The highest BCUT2D eigenvalue weighted by Crippen LogP contribution is 2.30. The number of aromatic nitrogens is 3. The normalized spacial score (nSPS) is 14.4. The first-order valence-electron chi connectivity index (χ1n) is 7.90. The summed E-state index contributed by atoms with van der Waals surface area (Å²) >= 11 is 0. The van der Waals surface area contributed by atoms with E-state index in [1.54, 1.807) is 6.33 Å². The van der Waals surface area contributed by atoms with Gasteiger partial charge in [-0.3, -0.25) is 0 Å². The molecule has 0 saturated carbocycles. The molecule has 0 atom stereocenters. The van der Waals surface area contributed by atoms with Crippen molar-refractivity contribution in [3.63, 3.8) is 0 Å². The van der Waals surface area contributed by atoms with Crippen molar-refractivity contribution in [2.45, 2.75) is 33.2 Å². The van der Waals surface area contributed by atoms with E-state index in [4.69, 9.17) is 0 Å². The smallest absolute Gasteiger partial charge is 0.143 e. The number of anilines is 1. The molecule has 0 unspecified atom stereocenters. The first-order chi connectivity index (χ1) is 10.8. The number of fused-ring (bicyclic) bond motifs is 2. The molecular formula is C18H20N4. The number of nitrogens with zero attached hydrogens (tertiary/aromatic N) is 3. The third kappa shape index (κ3) is 2.06. The Bertz CT molecular complexity index is 834. The van der Waals surface area contributed by atoms with E-state index in [1.807, 2.05) is 0 Å². The number of benzene rings is 1. The summed E-state index contributed by atoms with van der Waals surface area (Å²) in [4.78, 5) is 14.6. The van der Waals surface area contributed by atoms with Crippen LogP contribution < -0.4 is 4.90 Å². The van der Waals surface area contributed by atoms with Gasteiger partial charge in [0.25, 0.3) is 0 Å². The summed E-state index contributed by atoms with van der Waals surface area (Å²) < 4.78 is 0. The molecule has 0 fully saturated rings. The van der Waals surface area contributed by atoms with Crippen molar-refractivity contribution in [1.82, 2.24) is 15.0 Å². The SMILES string of the molecule is CCc1c[nH]c2ncnc(N3CCc4cc(C)ccc4C3)c12. The maximum Gasteiger partial charge on any atom is 0.143 e. The van der Waals surface area contributed by atoms with E-state index < -0.39 is 0 Å². The van der Waals surface area contributed by atoms with Crippen LogP contribution >= 0.6 is 0 Å². The Labute approximate surface area is 130 Å². The van der Waals surface area contributed by atoms with Crippen LogP contribution in [-0.4, -0.2) is 21.5 Å².